The summed E-state index contributed by atoms with van der Waals surface area (Å²) in [6.45, 7) is 6.74. The maximum atomic E-state index is 12.4. The van der Waals surface area contributed by atoms with Crippen LogP contribution in [0.1, 0.15) is 62.5 Å². The zero-order chi connectivity index (χ0) is 20.0. The molecule has 3 N–H and O–H groups in total. The molecule has 0 saturated carbocycles. The lowest BCUT2D eigenvalue weighted by atomic mass is 10.1. The Labute approximate surface area is 165 Å². The van der Waals surface area contributed by atoms with Crippen LogP contribution in [0.15, 0.2) is 0 Å². The summed E-state index contributed by atoms with van der Waals surface area (Å²) in [5, 5.41) is 16.1. The van der Waals surface area contributed by atoms with Gasteiger partial charge in [-0.3, -0.25) is 9.59 Å². The molecular formula is C20H31N4O2S+. The highest BCUT2D eigenvalue weighted by Gasteiger charge is 2.22. The molecule has 7 heteroatoms. The number of nitrogens with zero attached hydrogens (tertiary/aromatic N) is 1. The van der Waals surface area contributed by atoms with Crippen LogP contribution in [0.25, 0.3) is 0 Å². The number of carbonyl (C=O) groups is 2. The van der Waals surface area contributed by atoms with E-state index in [2.05, 4.69) is 16.7 Å². The van der Waals surface area contributed by atoms with Crippen LogP contribution in [0, 0.1) is 11.3 Å². The largest absolute Gasteiger partial charge is 0.347 e. The van der Waals surface area contributed by atoms with Crippen LogP contribution in [0.5, 0.6) is 0 Å². The molecule has 1 aliphatic carbocycles. The van der Waals surface area contributed by atoms with Gasteiger partial charge < -0.3 is 15.5 Å². The van der Waals surface area contributed by atoms with E-state index in [4.69, 9.17) is 0 Å². The third-order valence-corrected chi connectivity index (χ3v) is 5.75. The molecule has 0 spiro atoms. The van der Waals surface area contributed by atoms with Gasteiger partial charge in [-0.25, -0.2) is 0 Å². The molecule has 148 valence electrons. The summed E-state index contributed by atoms with van der Waals surface area (Å²) < 4.78 is 0. The summed E-state index contributed by atoms with van der Waals surface area (Å²) in [5.74, 6) is -0.118. The van der Waals surface area contributed by atoms with Gasteiger partial charge in [-0.15, -0.1) is 11.3 Å². The number of likely N-dealkylation sites (N-methyl/N-ethyl adjacent to an activating group) is 1. The van der Waals surface area contributed by atoms with Crippen LogP contribution >= 0.6 is 11.3 Å². The number of amides is 2. The molecule has 1 aliphatic rings. The van der Waals surface area contributed by atoms with Gasteiger partial charge >= 0.3 is 0 Å². The average molecular weight is 392 g/mol. The van der Waals surface area contributed by atoms with Crippen molar-refractivity contribution < 1.29 is 14.5 Å². The molecule has 1 unspecified atom stereocenters. The van der Waals surface area contributed by atoms with Crippen LogP contribution in [0.3, 0.4) is 0 Å². The third-order valence-electron chi connectivity index (χ3n) is 4.54. The molecular weight excluding hydrogens is 360 g/mol. The molecule has 0 radical (unpaired) electrons. The van der Waals surface area contributed by atoms with Gasteiger partial charge in [0, 0.05) is 10.4 Å². The number of anilines is 1. The number of rotatable bonds is 6. The minimum atomic E-state index is -0.250. The van der Waals surface area contributed by atoms with Crippen molar-refractivity contribution >= 4 is 28.2 Å². The van der Waals surface area contributed by atoms with Gasteiger partial charge in [-0.2, -0.15) is 5.26 Å². The molecule has 0 aromatic carbocycles. The van der Waals surface area contributed by atoms with Crippen molar-refractivity contribution in [2.75, 3.05) is 25.5 Å². The fraction of sp³-hybridized carbons (Fsp3) is 0.650. The second-order valence-corrected chi connectivity index (χ2v) is 9.47. The summed E-state index contributed by atoms with van der Waals surface area (Å²) in [6.07, 6.45) is 5.71. The maximum Gasteiger partial charge on any atom is 0.275 e. The Hall–Kier alpha value is -1.91. The Morgan fingerprint density at radius 3 is 2.56 bits per heavy atom. The highest BCUT2D eigenvalue weighted by molar-refractivity contribution is 7.16. The topological polar surface area (TPSA) is 86.4 Å². The standard InChI is InChI=1S/C20H30N4O2S/c1-20(2,3)23-18(26)13-24(4)11-10-17(25)22-19-15(12-21)14-8-6-5-7-9-16(14)27-19/h5-11,13H2,1-4H3,(H,22,25)(H,23,26)/p+1. The van der Waals surface area contributed by atoms with Crippen LogP contribution in [-0.4, -0.2) is 37.5 Å². The first kappa shape index (κ1) is 21.4. The highest BCUT2D eigenvalue weighted by Crippen LogP contribution is 2.36. The van der Waals surface area contributed by atoms with E-state index in [1.54, 1.807) is 11.3 Å². The fourth-order valence-electron chi connectivity index (χ4n) is 3.29. The molecule has 1 aromatic heterocycles. The van der Waals surface area contributed by atoms with E-state index in [-0.39, 0.29) is 17.4 Å². The van der Waals surface area contributed by atoms with Crippen molar-refractivity contribution in [2.24, 2.45) is 0 Å². The van der Waals surface area contributed by atoms with Crippen LogP contribution < -0.4 is 15.5 Å². The summed E-state index contributed by atoms with van der Waals surface area (Å²) in [6, 6.07) is 2.29. The summed E-state index contributed by atoms with van der Waals surface area (Å²) >= 11 is 1.55. The van der Waals surface area contributed by atoms with E-state index in [0.717, 1.165) is 36.1 Å². The number of hydrogen-bond donors (Lipinski definition) is 3. The Balaban J connectivity index is 1.87. The molecule has 1 heterocycles. The van der Waals surface area contributed by atoms with E-state index in [9.17, 15) is 14.9 Å². The van der Waals surface area contributed by atoms with Crippen molar-refractivity contribution in [3.05, 3.63) is 16.0 Å². The predicted molar refractivity (Wildman–Crippen MR) is 108 cm³/mol. The van der Waals surface area contributed by atoms with Crippen LogP contribution in [0.2, 0.25) is 0 Å². The predicted octanol–water partition coefficient (Wildman–Crippen LogP) is 1.65. The van der Waals surface area contributed by atoms with E-state index < -0.39 is 0 Å². The molecule has 6 nitrogen and oxygen atoms in total. The van der Waals surface area contributed by atoms with Gasteiger partial charge in [0.1, 0.15) is 11.1 Å². The molecule has 2 rings (SSSR count). The van der Waals surface area contributed by atoms with Crippen molar-refractivity contribution in [2.45, 2.75) is 64.8 Å². The minimum absolute atomic E-state index is 0.0193. The van der Waals surface area contributed by atoms with Crippen molar-refractivity contribution in [3.8, 4) is 6.07 Å². The van der Waals surface area contributed by atoms with Gasteiger partial charge in [-0.1, -0.05) is 6.42 Å². The molecule has 0 aliphatic heterocycles. The Morgan fingerprint density at radius 1 is 1.19 bits per heavy atom. The molecule has 27 heavy (non-hydrogen) atoms. The maximum absolute atomic E-state index is 12.4. The Kier molecular flexibility index (Phi) is 7.40. The van der Waals surface area contributed by atoms with E-state index in [0.29, 0.717) is 30.1 Å². The monoisotopic (exact) mass is 391 g/mol. The quantitative estimate of drug-likeness (QED) is 0.645. The third kappa shape index (κ3) is 6.64. The second-order valence-electron chi connectivity index (χ2n) is 8.36. The number of quaternary nitrogens is 1. The number of nitriles is 1. The summed E-state index contributed by atoms with van der Waals surface area (Å²) in [5.41, 5.74) is 1.53. The number of fused-ring (bicyclic) bond motifs is 1. The van der Waals surface area contributed by atoms with Crippen molar-refractivity contribution in [1.29, 1.82) is 5.26 Å². The molecule has 0 saturated heterocycles. The van der Waals surface area contributed by atoms with E-state index in [1.165, 1.54) is 11.3 Å². The van der Waals surface area contributed by atoms with Crippen LogP contribution in [0.4, 0.5) is 5.00 Å². The number of aryl methyl sites for hydroxylation is 1. The van der Waals surface area contributed by atoms with Crippen molar-refractivity contribution in [1.82, 2.24) is 5.32 Å². The highest BCUT2D eigenvalue weighted by atomic mass is 32.1. The van der Waals surface area contributed by atoms with Gasteiger partial charge in [0.2, 0.25) is 5.91 Å². The first-order chi connectivity index (χ1) is 12.7. The molecule has 1 aromatic rings. The Bertz CT molecular complexity index is 728. The van der Waals surface area contributed by atoms with Crippen LogP contribution in [-0.2, 0) is 22.4 Å². The summed E-state index contributed by atoms with van der Waals surface area (Å²) in [7, 11) is 1.91. The number of nitrogens with one attached hydrogen (secondary N) is 3. The zero-order valence-corrected chi connectivity index (χ0v) is 17.6. The summed E-state index contributed by atoms with van der Waals surface area (Å²) in [4.78, 5) is 26.5. The fourth-order valence-corrected chi connectivity index (χ4v) is 4.55. The smallest absolute Gasteiger partial charge is 0.275 e. The number of carbonyl (C=O) groups excluding carboxylic acids is 2. The normalized spacial score (nSPS) is 15.2. The van der Waals surface area contributed by atoms with Gasteiger partial charge in [0.25, 0.3) is 5.91 Å². The SMILES string of the molecule is C[NH+](CCC(=O)Nc1sc2c(c1C#N)CCCCC2)CC(=O)NC(C)(C)C. The lowest BCUT2D eigenvalue weighted by Gasteiger charge is -2.21. The Morgan fingerprint density at radius 2 is 1.89 bits per heavy atom. The van der Waals surface area contributed by atoms with Crippen molar-refractivity contribution in [3.63, 3.8) is 0 Å². The number of hydrogen-bond acceptors (Lipinski definition) is 4. The lowest BCUT2D eigenvalue weighted by molar-refractivity contribution is -0.870. The molecule has 0 bridgehead atoms. The lowest BCUT2D eigenvalue weighted by Crippen LogP contribution is -3.10. The number of thiophene rings is 1. The van der Waals surface area contributed by atoms with Gasteiger partial charge in [0.15, 0.2) is 6.54 Å². The van der Waals surface area contributed by atoms with Gasteiger partial charge in [0.05, 0.1) is 25.6 Å². The minimum Gasteiger partial charge on any atom is -0.347 e. The zero-order valence-electron chi connectivity index (χ0n) is 16.8. The van der Waals surface area contributed by atoms with E-state index in [1.807, 2.05) is 27.8 Å². The second kappa shape index (κ2) is 9.34. The first-order valence-electron chi connectivity index (χ1n) is 9.66. The molecule has 2 amide bonds. The van der Waals surface area contributed by atoms with E-state index >= 15 is 0 Å². The average Bonchev–Trinajstić information content (AvgIpc) is 2.71. The molecule has 1 atom stereocenters. The van der Waals surface area contributed by atoms with Gasteiger partial charge in [-0.05, 0) is 52.0 Å². The first-order valence-corrected chi connectivity index (χ1v) is 10.5. The molecule has 0 fully saturated rings.